The van der Waals surface area contributed by atoms with E-state index in [2.05, 4.69) is 6.58 Å². The van der Waals surface area contributed by atoms with E-state index >= 15 is 0 Å². The number of methoxy groups -OCH3 is 1. The van der Waals surface area contributed by atoms with Crippen LogP contribution in [0.4, 0.5) is 0 Å². The molecule has 0 heterocycles. The molecule has 0 fully saturated rings. The highest BCUT2D eigenvalue weighted by Gasteiger charge is 2.23. The third-order valence-electron chi connectivity index (χ3n) is 3.85. The highest BCUT2D eigenvalue weighted by molar-refractivity contribution is 7.89. The average Bonchev–Trinajstić information content (AvgIpc) is 2.68. The molecular weight excluding hydrogens is 366 g/mol. The minimum atomic E-state index is -3.71. The molecular formula is C20H23NO5S. The quantitative estimate of drug-likeness (QED) is 0.486. The molecule has 7 heteroatoms. The third kappa shape index (κ3) is 5.18. The number of sulfonamides is 1. The first kappa shape index (κ1) is 20.7. The summed E-state index contributed by atoms with van der Waals surface area (Å²) in [6.07, 6.45) is 1.54. The first-order valence-corrected chi connectivity index (χ1v) is 9.87. The second-order valence-corrected chi connectivity index (χ2v) is 7.62. The van der Waals surface area contributed by atoms with Crippen molar-refractivity contribution in [1.29, 1.82) is 0 Å². The summed E-state index contributed by atoms with van der Waals surface area (Å²) in [6.45, 7) is 6.00. The van der Waals surface area contributed by atoms with Crippen molar-refractivity contribution in [2.75, 3.05) is 20.3 Å². The standard InChI is InChI=1S/C20H23NO5S/c1-4-14-21(27(23,24)19-12-10-18(25-3)11-13-19)15-16-6-8-17(9-7-16)20(22)26-5-2/h4,6-13H,1,5,14-15H2,2-3H3. The van der Waals surface area contributed by atoms with Gasteiger partial charge in [0.1, 0.15) is 5.75 Å². The fourth-order valence-corrected chi connectivity index (χ4v) is 3.85. The zero-order valence-electron chi connectivity index (χ0n) is 15.4. The van der Waals surface area contributed by atoms with Gasteiger partial charge in [0.15, 0.2) is 0 Å². The van der Waals surface area contributed by atoms with Gasteiger partial charge >= 0.3 is 5.97 Å². The molecule has 0 bridgehead atoms. The summed E-state index contributed by atoms with van der Waals surface area (Å²) >= 11 is 0. The average molecular weight is 389 g/mol. The lowest BCUT2D eigenvalue weighted by atomic mass is 10.1. The molecule has 2 aromatic rings. The maximum absolute atomic E-state index is 12.9. The Kier molecular flexibility index (Phi) is 7.15. The van der Waals surface area contributed by atoms with Crippen molar-refractivity contribution in [1.82, 2.24) is 4.31 Å². The number of hydrogen-bond acceptors (Lipinski definition) is 5. The van der Waals surface area contributed by atoms with E-state index in [1.54, 1.807) is 43.3 Å². The summed E-state index contributed by atoms with van der Waals surface area (Å²) in [5.41, 5.74) is 1.18. The molecule has 0 aliphatic heterocycles. The zero-order chi connectivity index (χ0) is 19.9. The van der Waals surface area contributed by atoms with E-state index in [4.69, 9.17) is 9.47 Å². The summed E-state index contributed by atoms with van der Waals surface area (Å²) in [5, 5.41) is 0. The van der Waals surface area contributed by atoms with Crippen molar-refractivity contribution >= 4 is 16.0 Å². The lowest BCUT2D eigenvalue weighted by Crippen LogP contribution is -2.30. The second kappa shape index (κ2) is 9.34. The number of benzene rings is 2. The first-order chi connectivity index (χ1) is 12.9. The lowest BCUT2D eigenvalue weighted by Gasteiger charge is -2.21. The molecule has 0 amide bonds. The van der Waals surface area contributed by atoms with Gasteiger partial charge in [0.25, 0.3) is 0 Å². The maximum atomic E-state index is 12.9. The monoisotopic (exact) mass is 389 g/mol. The van der Waals surface area contributed by atoms with Gasteiger partial charge in [0.2, 0.25) is 10.0 Å². The molecule has 2 rings (SSSR count). The van der Waals surface area contributed by atoms with Crippen molar-refractivity contribution in [3.8, 4) is 5.75 Å². The molecule has 0 unspecified atom stereocenters. The topological polar surface area (TPSA) is 72.9 Å². The van der Waals surface area contributed by atoms with Gasteiger partial charge in [0, 0.05) is 13.1 Å². The minimum Gasteiger partial charge on any atom is -0.497 e. The first-order valence-electron chi connectivity index (χ1n) is 8.43. The Morgan fingerprint density at radius 2 is 1.74 bits per heavy atom. The molecule has 0 aliphatic rings. The van der Waals surface area contributed by atoms with Crippen molar-refractivity contribution in [2.45, 2.75) is 18.4 Å². The molecule has 0 atom stereocenters. The smallest absolute Gasteiger partial charge is 0.338 e. The van der Waals surface area contributed by atoms with E-state index in [-0.39, 0.29) is 18.0 Å². The number of hydrogen-bond donors (Lipinski definition) is 0. The van der Waals surface area contributed by atoms with E-state index in [1.165, 1.54) is 29.6 Å². The van der Waals surface area contributed by atoms with Gasteiger partial charge in [-0.05, 0) is 48.9 Å². The largest absolute Gasteiger partial charge is 0.497 e. The van der Waals surface area contributed by atoms with E-state index in [0.29, 0.717) is 17.9 Å². The minimum absolute atomic E-state index is 0.156. The molecule has 0 saturated carbocycles. The van der Waals surface area contributed by atoms with Crippen molar-refractivity contribution < 1.29 is 22.7 Å². The van der Waals surface area contributed by atoms with Crippen LogP contribution in [0.2, 0.25) is 0 Å². The molecule has 2 aromatic carbocycles. The Morgan fingerprint density at radius 3 is 2.26 bits per heavy atom. The molecule has 0 spiro atoms. The number of nitrogens with zero attached hydrogens (tertiary/aromatic N) is 1. The van der Waals surface area contributed by atoms with Crippen LogP contribution < -0.4 is 4.74 Å². The van der Waals surface area contributed by atoms with Gasteiger partial charge in [0.05, 0.1) is 24.2 Å². The summed E-state index contributed by atoms with van der Waals surface area (Å²) < 4.78 is 37.2. The van der Waals surface area contributed by atoms with Gasteiger partial charge < -0.3 is 9.47 Å². The summed E-state index contributed by atoms with van der Waals surface area (Å²) in [4.78, 5) is 11.9. The molecule has 0 saturated heterocycles. The number of ether oxygens (including phenoxy) is 2. The number of esters is 1. The van der Waals surface area contributed by atoms with Crippen molar-refractivity contribution in [2.24, 2.45) is 0 Å². The summed E-state index contributed by atoms with van der Waals surface area (Å²) in [7, 11) is -2.19. The van der Waals surface area contributed by atoms with Crippen LogP contribution in [0, 0.1) is 0 Å². The predicted molar refractivity (Wildman–Crippen MR) is 103 cm³/mol. The van der Waals surface area contributed by atoms with Crippen LogP contribution in [-0.2, 0) is 21.3 Å². The molecule has 0 aliphatic carbocycles. The Morgan fingerprint density at radius 1 is 1.11 bits per heavy atom. The van der Waals surface area contributed by atoms with Crippen LogP contribution in [0.3, 0.4) is 0 Å². The van der Waals surface area contributed by atoms with E-state index < -0.39 is 16.0 Å². The number of carbonyl (C=O) groups is 1. The molecule has 0 radical (unpaired) electrons. The van der Waals surface area contributed by atoms with E-state index in [1.807, 2.05) is 0 Å². The fraction of sp³-hybridized carbons (Fsp3) is 0.250. The van der Waals surface area contributed by atoms with Crippen LogP contribution in [0.15, 0.2) is 66.1 Å². The Labute approximate surface area is 160 Å². The maximum Gasteiger partial charge on any atom is 0.338 e. The third-order valence-corrected chi connectivity index (χ3v) is 5.68. The molecule has 27 heavy (non-hydrogen) atoms. The molecule has 0 aromatic heterocycles. The van der Waals surface area contributed by atoms with Gasteiger partial charge in [-0.15, -0.1) is 6.58 Å². The van der Waals surface area contributed by atoms with Crippen molar-refractivity contribution in [3.63, 3.8) is 0 Å². The van der Waals surface area contributed by atoms with E-state index in [9.17, 15) is 13.2 Å². The normalized spacial score (nSPS) is 11.2. The number of rotatable bonds is 9. The van der Waals surface area contributed by atoms with Gasteiger partial charge in [-0.3, -0.25) is 0 Å². The Bertz CT molecular complexity index is 874. The Balaban J connectivity index is 2.23. The second-order valence-electron chi connectivity index (χ2n) is 5.68. The van der Waals surface area contributed by atoms with Crippen LogP contribution >= 0.6 is 0 Å². The van der Waals surface area contributed by atoms with E-state index in [0.717, 1.165) is 5.56 Å². The van der Waals surface area contributed by atoms with Crippen LogP contribution in [0.25, 0.3) is 0 Å². The lowest BCUT2D eigenvalue weighted by molar-refractivity contribution is 0.0526. The fourth-order valence-electron chi connectivity index (χ4n) is 2.45. The van der Waals surface area contributed by atoms with Crippen LogP contribution in [0.5, 0.6) is 5.75 Å². The van der Waals surface area contributed by atoms with Gasteiger partial charge in [-0.25, -0.2) is 13.2 Å². The Hall–Kier alpha value is -2.64. The van der Waals surface area contributed by atoms with Crippen molar-refractivity contribution in [3.05, 3.63) is 72.3 Å². The van der Waals surface area contributed by atoms with Crippen LogP contribution in [-0.4, -0.2) is 39.0 Å². The van der Waals surface area contributed by atoms with Crippen LogP contribution in [0.1, 0.15) is 22.8 Å². The number of carbonyl (C=O) groups excluding carboxylic acids is 1. The zero-order valence-corrected chi connectivity index (χ0v) is 16.2. The molecule has 0 N–H and O–H groups in total. The summed E-state index contributed by atoms with van der Waals surface area (Å²) in [6, 6.07) is 12.9. The molecule has 144 valence electrons. The highest BCUT2D eigenvalue weighted by atomic mass is 32.2. The van der Waals surface area contributed by atoms with Gasteiger partial charge in [-0.1, -0.05) is 18.2 Å². The predicted octanol–water partition coefficient (Wildman–Crippen LogP) is 3.25. The molecule has 6 nitrogen and oxygen atoms in total. The highest BCUT2D eigenvalue weighted by Crippen LogP contribution is 2.21. The van der Waals surface area contributed by atoms with Gasteiger partial charge in [-0.2, -0.15) is 4.31 Å². The SMILES string of the molecule is C=CCN(Cc1ccc(C(=O)OCC)cc1)S(=O)(=O)c1ccc(OC)cc1. The summed E-state index contributed by atoms with van der Waals surface area (Å²) in [5.74, 6) is 0.177.